The second-order valence-corrected chi connectivity index (χ2v) is 7.54. The van der Waals surface area contributed by atoms with Crippen LogP contribution in [0, 0.1) is 0 Å². The number of fused-ring (bicyclic) bond motifs is 2. The molecule has 0 saturated carbocycles. The SMILES string of the molecule is [2H][C@]1(S(=O)(=O)C(C)(C)C)C(=C)[C@H]2C=C[C@@H]1O2. The Bertz CT molecular complexity index is 472. The highest BCUT2D eigenvalue weighted by Gasteiger charge is 2.51. The molecule has 3 atom stereocenters. The molecule has 0 amide bonds. The molecule has 0 radical (unpaired) electrons. The lowest BCUT2D eigenvalue weighted by Gasteiger charge is -2.27. The minimum Gasteiger partial charge on any atom is -0.361 e. The summed E-state index contributed by atoms with van der Waals surface area (Å²) < 4.78 is 37.5. The van der Waals surface area contributed by atoms with E-state index in [4.69, 9.17) is 6.11 Å². The van der Waals surface area contributed by atoms with Crippen molar-refractivity contribution < 1.29 is 14.5 Å². The summed E-state index contributed by atoms with van der Waals surface area (Å²) >= 11 is 0. The summed E-state index contributed by atoms with van der Waals surface area (Å²) in [7, 11) is -3.66. The van der Waals surface area contributed by atoms with Crippen molar-refractivity contribution in [1.82, 2.24) is 0 Å². The van der Waals surface area contributed by atoms with Crippen molar-refractivity contribution in [2.45, 2.75) is 43.0 Å². The van der Waals surface area contributed by atoms with Gasteiger partial charge in [-0.2, -0.15) is 0 Å². The van der Waals surface area contributed by atoms with E-state index >= 15 is 0 Å². The first-order valence-electron chi connectivity index (χ1n) is 5.39. The van der Waals surface area contributed by atoms with E-state index in [1.165, 1.54) is 0 Å². The fourth-order valence-corrected chi connectivity index (χ4v) is 3.34. The van der Waals surface area contributed by atoms with Gasteiger partial charge in [0.25, 0.3) is 0 Å². The Balaban J connectivity index is 2.58. The highest BCUT2D eigenvalue weighted by Crippen LogP contribution is 2.40. The van der Waals surface area contributed by atoms with Gasteiger partial charge in [0.05, 0.1) is 18.3 Å². The Morgan fingerprint density at radius 2 is 2.07 bits per heavy atom. The summed E-state index contributed by atoms with van der Waals surface area (Å²) in [5, 5.41) is -1.73. The fraction of sp³-hybridized carbons (Fsp3) is 0.636. The van der Waals surface area contributed by atoms with E-state index in [0.29, 0.717) is 5.57 Å². The van der Waals surface area contributed by atoms with Gasteiger partial charge in [-0.15, -0.1) is 0 Å². The predicted molar refractivity (Wildman–Crippen MR) is 59.4 cm³/mol. The number of hydrogen-bond acceptors (Lipinski definition) is 3. The molecular weight excluding hydrogens is 212 g/mol. The molecular formula is C11H16O3S. The van der Waals surface area contributed by atoms with E-state index in [2.05, 4.69) is 6.58 Å². The van der Waals surface area contributed by atoms with Gasteiger partial charge in [-0.25, -0.2) is 8.42 Å². The van der Waals surface area contributed by atoms with Crippen LogP contribution in [0.2, 0.25) is 0 Å². The van der Waals surface area contributed by atoms with Gasteiger partial charge in [-0.1, -0.05) is 18.7 Å². The molecule has 2 rings (SSSR count). The maximum Gasteiger partial charge on any atom is 0.164 e. The topological polar surface area (TPSA) is 43.4 Å². The van der Waals surface area contributed by atoms with Crippen LogP contribution >= 0.6 is 0 Å². The van der Waals surface area contributed by atoms with E-state index in [-0.39, 0.29) is 0 Å². The maximum absolute atomic E-state index is 12.4. The lowest BCUT2D eigenvalue weighted by molar-refractivity contribution is 0.128. The van der Waals surface area contributed by atoms with E-state index in [9.17, 15) is 8.42 Å². The summed E-state index contributed by atoms with van der Waals surface area (Å²) in [6.45, 7) is 8.52. The van der Waals surface area contributed by atoms with E-state index < -0.39 is 32.0 Å². The summed E-state index contributed by atoms with van der Waals surface area (Å²) in [6, 6.07) is 0. The Hall–Kier alpha value is -0.610. The molecule has 0 unspecified atom stereocenters. The van der Waals surface area contributed by atoms with Crippen molar-refractivity contribution in [3.8, 4) is 0 Å². The van der Waals surface area contributed by atoms with Crippen molar-refractivity contribution in [3.05, 3.63) is 24.3 Å². The lowest BCUT2D eigenvalue weighted by Crippen LogP contribution is -2.42. The minimum atomic E-state index is -3.66. The average molecular weight is 229 g/mol. The Kier molecular flexibility index (Phi) is 1.89. The van der Waals surface area contributed by atoms with Crippen molar-refractivity contribution in [2.75, 3.05) is 0 Å². The van der Waals surface area contributed by atoms with Crippen LogP contribution in [0.5, 0.6) is 0 Å². The van der Waals surface area contributed by atoms with Crippen LogP contribution in [-0.2, 0) is 14.6 Å². The third-order valence-corrected chi connectivity index (χ3v) is 5.45. The summed E-state index contributed by atoms with van der Waals surface area (Å²) in [6.07, 6.45) is 2.28. The van der Waals surface area contributed by atoms with Crippen LogP contribution in [0.3, 0.4) is 0 Å². The molecule has 0 N–H and O–H groups in total. The van der Waals surface area contributed by atoms with Gasteiger partial charge in [-0.05, 0) is 26.3 Å². The predicted octanol–water partition coefficient (Wildman–Crippen LogP) is 1.46. The normalized spacial score (nSPS) is 41.0. The molecule has 0 aromatic heterocycles. The molecule has 84 valence electrons. The monoisotopic (exact) mass is 229 g/mol. The van der Waals surface area contributed by atoms with E-state index in [1.807, 2.05) is 0 Å². The van der Waals surface area contributed by atoms with Crippen molar-refractivity contribution in [2.24, 2.45) is 0 Å². The largest absolute Gasteiger partial charge is 0.361 e. The van der Waals surface area contributed by atoms with Crippen LogP contribution in [0.1, 0.15) is 22.1 Å². The van der Waals surface area contributed by atoms with Crippen LogP contribution in [0.4, 0.5) is 0 Å². The summed E-state index contributed by atoms with van der Waals surface area (Å²) in [5.74, 6) is 0. The zero-order chi connectivity index (χ0) is 12.4. The molecule has 2 aliphatic heterocycles. The highest BCUT2D eigenvalue weighted by molar-refractivity contribution is 7.93. The molecule has 0 spiro atoms. The van der Waals surface area contributed by atoms with Gasteiger partial charge in [0.1, 0.15) is 5.23 Å². The van der Waals surface area contributed by atoms with E-state index in [1.54, 1.807) is 32.9 Å². The van der Waals surface area contributed by atoms with Gasteiger partial charge in [-0.3, -0.25) is 0 Å². The van der Waals surface area contributed by atoms with Crippen LogP contribution in [-0.4, -0.2) is 30.6 Å². The number of hydrogen-bond donors (Lipinski definition) is 0. The smallest absolute Gasteiger partial charge is 0.164 e. The molecule has 15 heavy (non-hydrogen) atoms. The van der Waals surface area contributed by atoms with Crippen LogP contribution < -0.4 is 0 Å². The molecule has 2 aliphatic rings. The highest BCUT2D eigenvalue weighted by atomic mass is 32.2. The number of ether oxygens (including phenoxy) is 1. The van der Waals surface area contributed by atoms with Crippen molar-refractivity contribution >= 4 is 9.84 Å². The molecule has 1 saturated heterocycles. The Morgan fingerprint density at radius 1 is 1.47 bits per heavy atom. The molecule has 0 aromatic carbocycles. The first kappa shape index (κ1) is 9.60. The molecule has 2 bridgehead atoms. The molecule has 4 heteroatoms. The zero-order valence-electron chi connectivity index (χ0n) is 10.1. The Labute approximate surface area is 92.1 Å². The fourth-order valence-electron chi connectivity index (χ4n) is 1.78. The number of rotatable bonds is 1. The molecule has 2 heterocycles. The first-order chi connectivity index (χ1) is 7.12. The van der Waals surface area contributed by atoms with Gasteiger partial charge in [0, 0.05) is 0 Å². The van der Waals surface area contributed by atoms with Crippen molar-refractivity contribution in [3.63, 3.8) is 0 Å². The minimum absolute atomic E-state index is 0.329. The standard InChI is InChI=1S/C11H16O3S/c1-7-8-5-6-9(14-8)10(7)15(12,13)11(2,3)4/h5-6,8-10H,1H2,2-4H3/t8-,9+,10+/m1/s1/i10D. The third-order valence-electron chi connectivity index (χ3n) is 2.77. The first-order valence-corrected chi connectivity index (χ1v) is 6.38. The summed E-state index contributed by atoms with van der Waals surface area (Å²) in [5.41, 5.74) is 0.329. The van der Waals surface area contributed by atoms with Gasteiger partial charge < -0.3 is 4.74 Å². The number of sulfone groups is 1. The van der Waals surface area contributed by atoms with Gasteiger partial charge in [0.2, 0.25) is 0 Å². The second kappa shape index (κ2) is 2.95. The van der Waals surface area contributed by atoms with Gasteiger partial charge in [0.15, 0.2) is 9.84 Å². The Morgan fingerprint density at radius 3 is 2.47 bits per heavy atom. The molecule has 0 aliphatic carbocycles. The van der Waals surface area contributed by atoms with Crippen molar-refractivity contribution in [1.29, 1.82) is 0 Å². The maximum atomic E-state index is 12.4. The van der Waals surface area contributed by atoms with Gasteiger partial charge >= 0.3 is 0 Å². The third kappa shape index (κ3) is 1.39. The second-order valence-electron chi connectivity index (χ2n) is 4.87. The molecule has 3 nitrogen and oxygen atoms in total. The average Bonchev–Trinajstić information content (AvgIpc) is 2.68. The zero-order valence-corrected chi connectivity index (χ0v) is 9.97. The summed E-state index contributed by atoms with van der Waals surface area (Å²) in [4.78, 5) is 0. The molecule has 1 fully saturated rings. The van der Waals surface area contributed by atoms with E-state index in [0.717, 1.165) is 0 Å². The lowest BCUT2D eigenvalue weighted by atomic mass is 10.0. The quantitative estimate of drug-likeness (QED) is 0.639. The van der Waals surface area contributed by atoms with Crippen LogP contribution in [0.25, 0.3) is 0 Å². The molecule has 0 aromatic rings. The van der Waals surface area contributed by atoms with Crippen LogP contribution in [0.15, 0.2) is 24.3 Å².